The van der Waals surface area contributed by atoms with Crippen LogP contribution in [0.25, 0.3) is 0 Å². The van der Waals surface area contributed by atoms with E-state index >= 15 is 0 Å². The van der Waals surface area contributed by atoms with Crippen LogP contribution in [0.4, 0.5) is 0 Å². The number of aliphatic hydroxyl groups is 2. The Morgan fingerprint density at radius 2 is 1.86 bits per heavy atom. The summed E-state index contributed by atoms with van der Waals surface area (Å²) in [4.78, 5) is 0. The highest BCUT2D eigenvalue weighted by molar-refractivity contribution is 5.28. The molecule has 0 radical (unpaired) electrons. The molecule has 0 aliphatic heterocycles. The number of hydrogen-bond acceptors (Lipinski definition) is 2. The van der Waals surface area contributed by atoms with Gasteiger partial charge in [-0.05, 0) is 73.5 Å². The first-order valence-corrected chi connectivity index (χ1v) is 9.10. The minimum absolute atomic E-state index is 0.111. The van der Waals surface area contributed by atoms with Crippen molar-refractivity contribution < 1.29 is 10.2 Å². The number of hydrogen-bond donors (Lipinski definition) is 2. The van der Waals surface area contributed by atoms with Crippen molar-refractivity contribution in [1.82, 2.24) is 0 Å². The van der Waals surface area contributed by atoms with Gasteiger partial charge in [0.2, 0.25) is 0 Å². The molecule has 22 heavy (non-hydrogen) atoms. The number of allylic oxidation sites excluding steroid dienone is 3. The average molecular weight is 302 g/mol. The normalized spacial score (nSPS) is 56.9. The van der Waals surface area contributed by atoms with Crippen molar-refractivity contribution in [2.24, 2.45) is 34.5 Å². The van der Waals surface area contributed by atoms with Crippen LogP contribution in [0, 0.1) is 34.5 Å². The maximum Gasteiger partial charge on any atom is 0.0727 e. The van der Waals surface area contributed by atoms with E-state index in [1.54, 1.807) is 0 Å². The average Bonchev–Trinajstić information content (AvgIpc) is 2.77. The summed E-state index contributed by atoms with van der Waals surface area (Å²) in [5, 5.41) is 20.5. The molecular formula is C20H30O2. The van der Waals surface area contributed by atoms with E-state index in [-0.39, 0.29) is 23.0 Å². The maximum absolute atomic E-state index is 10.5. The predicted molar refractivity (Wildman–Crippen MR) is 88.2 cm³/mol. The molecule has 0 bridgehead atoms. The van der Waals surface area contributed by atoms with Crippen LogP contribution in [0.5, 0.6) is 0 Å². The summed E-state index contributed by atoms with van der Waals surface area (Å²) in [5.41, 5.74) is 1.84. The fraction of sp³-hybridized carbons (Fsp3) is 0.800. The molecule has 4 aliphatic carbocycles. The van der Waals surface area contributed by atoms with Gasteiger partial charge in [0, 0.05) is 0 Å². The van der Waals surface area contributed by atoms with Gasteiger partial charge in [-0.25, -0.2) is 0 Å². The summed E-state index contributed by atoms with van der Waals surface area (Å²) in [5.74, 6) is 2.41. The van der Waals surface area contributed by atoms with E-state index in [4.69, 9.17) is 0 Å². The molecule has 0 spiro atoms. The third-order valence-corrected chi connectivity index (χ3v) is 7.98. The van der Waals surface area contributed by atoms with Gasteiger partial charge >= 0.3 is 0 Å². The minimum atomic E-state index is -0.277. The van der Waals surface area contributed by atoms with Gasteiger partial charge < -0.3 is 10.2 Å². The van der Waals surface area contributed by atoms with Gasteiger partial charge in [-0.15, -0.1) is 0 Å². The third-order valence-electron chi connectivity index (χ3n) is 7.98. The Hall–Kier alpha value is -0.600. The molecule has 8 atom stereocenters. The summed E-state index contributed by atoms with van der Waals surface area (Å²) in [6.45, 7) is 7.04. The SMILES string of the molecule is CC1=CC2CC(O)C=C[C@]2(C)[C@@H]2CC[C@]3(C)C(O)CC[C@H]3[C@H]12. The van der Waals surface area contributed by atoms with E-state index in [1.807, 2.05) is 6.08 Å². The van der Waals surface area contributed by atoms with Crippen molar-refractivity contribution in [3.05, 3.63) is 23.8 Å². The molecule has 2 nitrogen and oxygen atoms in total. The molecule has 0 aromatic heterocycles. The van der Waals surface area contributed by atoms with E-state index < -0.39 is 0 Å². The largest absolute Gasteiger partial charge is 0.393 e. The van der Waals surface area contributed by atoms with Gasteiger partial charge in [0.15, 0.2) is 0 Å². The molecule has 2 heteroatoms. The van der Waals surface area contributed by atoms with Crippen LogP contribution in [-0.4, -0.2) is 22.4 Å². The summed E-state index contributed by atoms with van der Waals surface area (Å²) < 4.78 is 0. The van der Waals surface area contributed by atoms with Crippen molar-refractivity contribution >= 4 is 0 Å². The Labute approximate surface area is 134 Å². The topological polar surface area (TPSA) is 40.5 Å². The Bertz CT molecular complexity index is 536. The lowest BCUT2D eigenvalue weighted by Crippen LogP contribution is -2.52. The zero-order valence-electron chi connectivity index (χ0n) is 14.1. The number of aliphatic hydroxyl groups excluding tert-OH is 2. The molecule has 0 amide bonds. The molecule has 4 rings (SSSR count). The van der Waals surface area contributed by atoms with E-state index in [1.165, 1.54) is 18.4 Å². The molecule has 2 fully saturated rings. The third kappa shape index (κ3) is 1.80. The van der Waals surface area contributed by atoms with Crippen LogP contribution in [-0.2, 0) is 0 Å². The quantitative estimate of drug-likeness (QED) is 0.670. The first-order chi connectivity index (χ1) is 10.4. The van der Waals surface area contributed by atoms with Crippen LogP contribution < -0.4 is 0 Å². The maximum atomic E-state index is 10.5. The first-order valence-electron chi connectivity index (χ1n) is 9.10. The molecule has 0 aromatic carbocycles. The summed E-state index contributed by atoms with van der Waals surface area (Å²) in [6.07, 6.45) is 11.8. The van der Waals surface area contributed by atoms with Gasteiger partial charge in [-0.3, -0.25) is 0 Å². The second-order valence-electron chi connectivity index (χ2n) is 8.92. The fourth-order valence-corrected chi connectivity index (χ4v) is 6.55. The summed E-state index contributed by atoms with van der Waals surface area (Å²) in [7, 11) is 0. The highest BCUT2D eigenvalue weighted by atomic mass is 16.3. The Morgan fingerprint density at radius 1 is 1.09 bits per heavy atom. The van der Waals surface area contributed by atoms with Crippen molar-refractivity contribution in [2.45, 2.75) is 65.1 Å². The summed E-state index contributed by atoms with van der Waals surface area (Å²) >= 11 is 0. The van der Waals surface area contributed by atoms with Crippen LogP contribution in [0.15, 0.2) is 23.8 Å². The van der Waals surface area contributed by atoms with Gasteiger partial charge in [0.1, 0.15) is 0 Å². The van der Waals surface area contributed by atoms with Gasteiger partial charge in [0.05, 0.1) is 12.2 Å². The summed E-state index contributed by atoms with van der Waals surface area (Å²) in [6, 6.07) is 0. The second-order valence-corrected chi connectivity index (χ2v) is 8.92. The monoisotopic (exact) mass is 302 g/mol. The highest BCUT2D eigenvalue weighted by Gasteiger charge is 2.59. The van der Waals surface area contributed by atoms with Gasteiger partial charge in [-0.2, -0.15) is 0 Å². The molecule has 0 heterocycles. The molecule has 3 unspecified atom stereocenters. The second kappa shape index (κ2) is 4.70. The van der Waals surface area contributed by atoms with Crippen LogP contribution in [0.3, 0.4) is 0 Å². The smallest absolute Gasteiger partial charge is 0.0727 e. The highest BCUT2D eigenvalue weighted by Crippen LogP contribution is 2.64. The molecule has 0 aromatic rings. The van der Waals surface area contributed by atoms with Crippen molar-refractivity contribution in [3.8, 4) is 0 Å². The van der Waals surface area contributed by atoms with E-state index in [0.717, 1.165) is 19.3 Å². The lowest BCUT2D eigenvalue weighted by atomic mass is 9.47. The lowest BCUT2D eigenvalue weighted by Gasteiger charge is -2.58. The van der Waals surface area contributed by atoms with Gasteiger partial charge in [0.25, 0.3) is 0 Å². The lowest BCUT2D eigenvalue weighted by molar-refractivity contribution is -0.0626. The molecule has 122 valence electrons. The van der Waals surface area contributed by atoms with Crippen molar-refractivity contribution in [1.29, 1.82) is 0 Å². The first kappa shape index (κ1) is 15.0. The molecular weight excluding hydrogens is 272 g/mol. The van der Waals surface area contributed by atoms with E-state index in [2.05, 4.69) is 32.9 Å². The van der Waals surface area contributed by atoms with Gasteiger partial charge in [-0.1, -0.05) is 37.6 Å². The van der Waals surface area contributed by atoms with Crippen LogP contribution in [0.2, 0.25) is 0 Å². The predicted octanol–water partition coefficient (Wildman–Crippen LogP) is 3.69. The Kier molecular flexibility index (Phi) is 3.20. The van der Waals surface area contributed by atoms with Crippen molar-refractivity contribution in [2.75, 3.05) is 0 Å². The zero-order chi connectivity index (χ0) is 15.7. The molecule has 2 saturated carbocycles. The molecule has 4 aliphatic rings. The van der Waals surface area contributed by atoms with E-state index in [0.29, 0.717) is 23.7 Å². The molecule has 0 saturated heterocycles. The van der Waals surface area contributed by atoms with Crippen LogP contribution in [0.1, 0.15) is 52.9 Å². The number of fused-ring (bicyclic) bond motifs is 5. The zero-order valence-corrected chi connectivity index (χ0v) is 14.1. The molecule has 2 N–H and O–H groups in total. The van der Waals surface area contributed by atoms with Crippen molar-refractivity contribution in [3.63, 3.8) is 0 Å². The fourth-order valence-electron chi connectivity index (χ4n) is 6.55. The Morgan fingerprint density at radius 3 is 2.64 bits per heavy atom. The standard InChI is InChI=1S/C20H30O2/c1-12-10-13-11-14(21)6-8-19(13,2)16-7-9-20(3)15(18(12)16)4-5-17(20)22/h6,8,10,13-18,21-22H,4-5,7,9,11H2,1-3H3/t13?,14?,15-,16+,17?,18-,19-,20-/m0/s1. The Balaban J connectivity index is 1.76. The number of rotatable bonds is 0. The minimum Gasteiger partial charge on any atom is -0.393 e. The van der Waals surface area contributed by atoms with Crippen LogP contribution >= 0.6 is 0 Å². The van der Waals surface area contributed by atoms with E-state index in [9.17, 15) is 10.2 Å².